The molecular weight excluding hydrogens is 418 g/mol. The molecule has 0 unspecified atom stereocenters. The molecule has 0 bridgehead atoms. The fourth-order valence-corrected chi connectivity index (χ4v) is 4.24. The van der Waals surface area contributed by atoms with Gasteiger partial charge in [-0.25, -0.2) is 0 Å². The van der Waals surface area contributed by atoms with Crippen molar-refractivity contribution >= 4 is 11.0 Å². The van der Waals surface area contributed by atoms with Crippen LogP contribution in [0.25, 0.3) is 22.1 Å². The summed E-state index contributed by atoms with van der Waals surface area (Å²) in [5, 5.41) is 0.570. The highest BCUT2D eigenvalue weighted by molar-refractivity contribution is 5.85. The summed E-state index contributed by atoms with van der Waals surface area (Å²) in [5.41, 5.74) is 4.02. The zero-order valence-electron chi connectivity index (χ0n) is 18.7. The van der Waals surface area contributed by atoms with Crippen molar-refractivity contribution in [3.8, 4) is 28.4 Å². The Balaban J connectivity index is 1.39. The van der Waals surface area contributed by atoms with E-state index in [4.69, 9.17) is 18.6 Å². The maximum absolute atomic E-state index is 13.2. The summed E-state index contributed by atoms with van der Waals surface area (Å²) in [6.45, 7) is 1.92. The highest BCUT2D eigenvalue weighted by Gasteiger charge is 2.22. The van der Waals surface area contributed by atoms with E-state index < -0.39 is 0 Å². The first-order valence-electron chi connectivity index (χ1n) is 10.9. The number of rotatable bonds is 6. The van der Waals surface area contributed by atoms with Gasteiger partial charge in [-0.3, -0.25) is 9.69 Å². The molecule has 33 heavy (non-hydrogen) atoms. The SMILES string of the molecule is COc1ccc(CCN2COc3ccc4c(=O)c(-c5ccccc5)coc4c3C2)cc1OC. The quantitative estimate of drug-likeness (QED) is 0.424. The Bertz CT molecular complexity index is 1350. The van der Waals surface area contributed by atoms with E-state index in [1.54, 1.807) is 26.5 Å². The Morgan fingerprint density at radius 2 is 1.79 bits per heavy atom. The summed E-state index contributed by atoms with van der Waals surface area (Å²) in [6, 6.07) is 19.2. The largest absolute Gasteiger partial charge is 0.493 e. The number of hydrogen-bond acceptors (Lipinski definition) is 6. The van der Waals surface area contributed by atoms with Crippen molar-refractivity contribution < 1.29 is 18.6 Å². The van der Waals surface area contributed by atoms with E-state index in [0.29, 0.717) is 35.6 Å². The standard InChI is InChI=1S/C27H25NO5/c1-30-24-10-8-18(14-25(24)31-2)12-13-28-15-21-23(33-17-28)11-9-20-26(29)22(16-32-27(20)21)19-6-4-3-5-7-19/h3-11,14,16H,12-13,15,17H2,1-2H3. The molecule has 0 spiro atoms. The van der Waals surface area contributed by atoms with Gasteiger partial charge in [0.2, 0.25) is 5.43 Å². The monoisotopic (exact) mass is 443 g/mol. The van der Waals surface area contributed by atoms with Gasteiger partial charge in [0.15, 0.2) is 11.5 Å². The summed E-state index contributed by atoms with van der Waals surface area (Å²) in [7, 11) is 3.27. The van der Waals surface area contributed by atoms with E-state index in [2.05, 4.69) is 4.90 Å². The molecule has 1 aromatic heterocycles. The van der Waals surface area contributed by atoms with Crippen LogP contribution in [0.5, 0.6) is 17.2 Å². The number of methoxy groups -OCH3 is 2. The predicted octanol–water partition coefficient (Wildman–Crippen LogP) is 4.87. The summed E-state index contributed by atoms with van der Waals surface area (Å²) in [6.07, 6.45) is 2.38. The smallest absolute Gasteiger partial charge is 0.200 e. The van der Waals surface area contributed by atoms with Crippen molar-refractivity contribution in [1.29, 1.82) is 0 Å². The molecule has 0 amide bonds. The van der Waals surface area contributed by atoms with Crippen molar-refractivity contribution in [2.45, 2.75) is 13.0 Å². The van der Waals surface area contributed by atoms with E-state index in [-0.39, 0.29) is 5.43 Å². The van der Waals surface area contributed by atoms with Crippen LogP contribution in [0.3, 0.4) is 0 Å². The van der Waals surface area contributed by atoms with Crippen LogP contribution in [0.15, 0.2) is 76.1 Å². The van der Waals surface area contributed by atoms with Gasteiger partial charge in [-0.05, 0) is 41.8 Å². The Morgan fingerprint density at radius 3 is 2.58 bits per heavy atom. The Kier molecular flexibility index (Phi) is 5.75. The first kappa shape index (κ1) is 21.1. The minimum absolute atomic E-state index is 0.0345. The molecule has 0 saturated carbocycles. The highest BCUT2D eigenvalue weighted by Crippen LogP contribution is 2.33. The molecule has 0 radical (unpaired) electrons. The van der Waals surface area contributed by atoms with Gasteiger partial charge in [0.1, 0.15) is 24.3 Å². The summed E-state index contributed by atoms with van der Waals surface area (Å²) in [4.78, 5) is 15.4. The van der Waals surface area contributed by atoms with Gasteiger partial charge in [0, 0.05) is 13.1 Å². The molecule has 0 aliphatic carbocycles. The van der Waals surface area contributed by atoms with E-state index in [1.165, 1.54) is 0 Å². The molecule has 2 heterocycles. The molecule has 1 aliphatic rings. The van der Waals surface area contributed by atoms with Crippen molar-refractivity contribution in [3.63, 3.8) is 0 Å². The summed E-state index contributed by atoms with van der Waals surface area (Å²) < 4.78 is 22.7. The summed E-state index contributed by atoms with van der Waals surface area (Å²) in [5.74, 6) is 2.20. The van der Waals surface area contributed by atoms with E-state index in [0.717, 1.165) is 41.2 Å². The normalized spacial score (nSPS) is 13.4. The lowest BCUT2D eigenvalue weighted by Crippen LogP contribution is -2.33. The van der Waals surface area contributed by atoms with Crippen molar-refractivity contribution in [1.82, 2.24) is 4.90 Å². The molecule has 1 aliphatic heterocycles. The van der Waals surface area contributed by atoms with E-state index in [1.807, 2.05) is 54.6 Å². The Morgan fingerprint density at radius 1 is 0.970 bits per heavy atom. The first-order chi connectivity index (χ1) is 16.2. The fraction of sp³-hybridized carbons (Fsp3) is 0.222. The average molecular weight is 443 g/mol. The Labute approximate surface area is 191 Å². The number of fused-ring (bicyclic) bond motifs is 3. The summed E-state index contributed by atoms with van der Waals surface area (Å²) >= 11 is 0. The number of nitrogens with zero attached hydrogens (tertiary/aromatic N) is 1. The van der Waals surface area contributed by atoms with Crippen LogP contribution >= 0.6 is 0 Å². The van der Waals surface area contributed by atoms with E-state index in [9.17, 15) is 4.79 Å². The topological polar surface area (TPSA) is 61.1 Å². The molecule has 0 atom stereocenters. The van der Waals surface area contributed by atoms with Crippen molar-refractivity contribution in [2.24, 2.45) is 0 Å². The minimum Gasteiger partial charge on any atom is -0.493 e. The van der Waals surface area contributed by atoms with Gasteiger partial charge in [0.25, 0.3) is 0 Å². The van der Waals surface area contributed by atoms with Gasteiger partial charge in [0.05, 0.1) is 30.7 Å². The molecule has 6 nitrogen and oxygen atoms in total. The third-order valence-corrected chi connectivity index (χ3v) is 6.04. The number of ether oxygens (including phenoxy) is 3. The van der Waals surface area contributed by atoms with Crippen LogP contribution in [0.1, 0.15) is 11.1 Å². The average Bonchev–Trinajstić information content (AvgIpc) is 2.87. The van der Waals surface area contributed by atoms with Crippen molar-refractivity contribution in [2.75, 3.05) is 27.5 Å². The lowest BCUT2D eigenvalue weighted by atomic mass is 10.0. The first-order valence-corrected chi connectivity index (χ1v) is 10.9. The second-order valence-electron chi connectivity index (χ2n) is 8.03. The molecule has 0 fully saturated rings. The molecule has 4 aromatic rings. The predicted molar refractivity (Wildman–Crippen MR) is 127 cm³/mol. The van der Waals surface area contributed by atoms with Gasteiger partial charge >= 0.3 is 0 Å². The highest BCUT2D eigenvalue weighted by atomic mass is 16.5. The maximum atomic E-state index is 13.2. The second kappa shape index (κ2) is 9.00. The van der Waals surface area contributed by atoms with Crippen molar-refractivity contribution in [3.05, 3.63) is 88.3 Å². The van der Waals surface area contributed by atoms with Crippen LogP contribution in [0.4, 0.5) is 0 Å². The van der Waals surface area contributed by atoms with Gasteiger partial charge in [-0.2, -0.15) is 0 Å². The minimum atomic E-state index is -0.0345. The zero-order valence-corrected chi connectivity index (χ0v) is 18.7. The van der Waals surface area contributed by atoms with Crippen LogP contribution in [0.2, 0.25) is 0 Å². The maximum Gasteiger partial charge on any atom is 0.200 e. The molecule has 3 aromatic carbocycles. The van der Waals surface area contributed by atoms with Crippen LogP contribution in [-0.4, -0.2) is 32.4 Å². The van der Waals surface area contributed by atoms with E-state index >= 15 is 0 Å². The molecule has 0 saturated heterocycles. The Hall–Kier alpha value is -3.77. The van der Waals surface area contributed by atoms with Gasteiger partial charge < -0.3 is 18.6 Å². The molecule has 0 N–H and O–H groups in total. The molecule has 6 heteroatoms. The number of benzene rings is 3. The fourth-order valence-electron chi connectivity index (χ4n) is 4.24. The molecule has 5 rings (SSSR count). The number of hydrogen-bond donors (Lipinski definition) is 0. The molecular formula is C27H25NO5. The van der Waals surface area contributed by atoms with Crippen LogP contribution in [-0.2, 0) is 13.0 Å². The third kappa shape index (κ3) is 4.05. The second-order valence-corrected chi connectivity index (χ2v) is 8.03. The lowest BCUT2D eigenvalue weighted by Gasteiger charge is -2.29. The zero-order chi connectivity index (χ0) is 22.8. The van der Waals surface area contributed by atoms with Crippen LogP contribution in [0, 0.1) is 0 Å². The molecule has 168 valence electrons. The van der Waals surface area contributed by atoms with Crippen LogP contribution < -0.4 is 19.6 Å². The third-order valence-electron chi connectivity index (χ3n) is 6.04. The van der Waals surface area contributed by atoms with Gasteiger partial charge in [-0.15, -0.1) is 0 Å². The van der Waals surface area contributed by atoms with Gasteiger partial charge in [-0.1, -0.05) is 36.4 Å². The lowest BCUT2D eigenvalue weighted by molar-refractivity contribution is 0.0968.